The SMILES string of the molecule is COc1ccc(Cc2ccc(CNC(N)=O)cc2)c(F)c1-c1cccc([N+](=O)[O-])c1. The van der Waals surface area contributed by atoms with Crippen LogP contribution in [0.1, 0.15) is 16.7 Å². The second-order valence-corrected chi connectivity index (χ2v) is 6.63. The standard InChI is InChI=1S/C22H20FN3O4/c1-30-19-10-9-17(11-14-5-7-15(8-6-14)13-25-22(24)27)21(23)20(19)16-3-2-4-18(12-16)26(28)29/h2-10,12H,11,13H2,1H3,(H3,24,25,27). The van der Waals surface area contributed by atoms with E-state index in [1.54, 1.807) is 18.2 Å². The van der Waals surface area contributed by atoms with Crippen LogP contribution < -0.4 is 15.8 Å². The number of nitrogens with one attached hydrogen (secondary N) is 1. The Morgan fingerprint density at radius 1 is 1.13 bits per heavy atom. The van der Waals surface area contributed by atoms with Gasteiger partial charge >= 0.3 is 6.03 Å². The van der Waals surface area contributed by atoms with E-state index in [9.17, 15) is 14.9 Å². The number of carbonyl (C=O) groups is 1. The number of hydrogen-bond acceptors (Lipinski definition) is 4. The van der Waals surface area contributed by atoms with Crippen LogP contribution in [-0.4, -0.2) is 18.1 Å². The van der Waals surface area contributed by atoms with Crippen LogP contribution in [0.4, 0.5) is 14.9 Å². The van der Waals surface area contributed by atoms with E-state index in [0.717, 1.165) is 11.1 Å². The van der Waals surface area contributed by atoms with Crippen molar-refractivity contribution in [3.63, 3.8) is 0 Å². The van der Waals surface area contributed by atoms with E-state index in [-0.39, 0.29) is 11.3 Å². The van der Waals surface area contributed by atoms with Crippen LogP contribution in [-0.2, 0) is 13.0 Å². The summed E-state index contributed by atoms with van der Waals surface area (Å²) in [5.41, 5.74) is 7.65. The van der Waals surface area contributed by atoms with Gasteiger partial charge in [0.25, 0.3) is 5.69 Å². The van der Waals surface area contributed by atoms with Crippen LogP contribution in [0.3, 0.4) is 0 Å². The number of hydrogen-bond donors (Lipinski definition) is 2. The number of benzene rings is 3. The first-order valence-corrected chi connectivity index (χ1v) is 9.10. The van der Waals surface area contributed by atoms with Crippen LogP contribution in [0, 0.1) is 15.9 Å². The molecular formula is C22H20FN3O4. The highest BCUT2D eigenvalue weighted by Crippen LogP contribution is 2.36. The number of urea groups is 1. The quantitative estimate of drug-likeness (QED) is 0.451. The van der Waals surface area contributed by atoms with Crippen LogP contribution in [0.2, 0.25) is 0 Å². The molecule has 3 rings (SSSR count). The molecule has 0 saturated heterocycles. The molecule has 0 aliphatic rings. The monoisotopic (exact) mass is 409 g/mol. The molecule has 0 saturated carbocycles. The number of nitrogens with zero attached hydrogens (tertiary/aromatic N) is 1. The van der Waals surface area contributed by atoms with Gasteiger partial charge in [0.15, 0.2) is 0 Å². The van der Waals surface area contributed by atoms with E-state index in [2.05, 4.69) is 5.32 Å². The van der Waals surface area contributed by atoms with Crippen molar-refractivity contribution >= 4 is 11.7 Å². The Bertz CT molecular complexity index is 1080. The van der Waals surface area contributed by atoms with Crippen LogP contribution in [0.15, 0.2) is 60.7 Å². The number of amides is 2. The van der Waals surface area contributed by atoms with Crippen molar-refractivity contribution in [2.45, 2.75) is 13.0 Å². The molecule has 0 heterocycles. The highest BCUT2D eigenvalue weighted by atomic mass is 19.1. The van der Waals surface area contributed by atoms with Gasteiger partial charge in [0.05, 0.1) is 17.6 Å². The van der Waals surface area contributed by atoms with Crippen molar-refractivity contribution in [2.75, 3.05) is 7.11 Å². The summed E-state index contributed by atoms with van der Waals surface area (Å²) in [6.07, 6.45) is 0.321. The lowest BCUT2D eigenvalue weighted by Crippen LogP contribution is -2.28. The summed E-state index contributed by atoms with van der Waals surface area (Å²) < 4.78 is 20.7. The predicted molar refractivity (Wildman–Crippen MR) is 111 cm³/mol. The van der Waals surface area contributed by atoms with Crippen molar-refractivity contribution in [1.82, 2.24) is 5.32 Å². The van der Waals surface area contributed by atoms with Crippen molar-refractivity contribution in [2.24, 2.45) is 5.73 Å². The molecule has 3 aromatic rings. The van der Waals surface area contributed by atoms with Gasteiger partial charge in [-0.05, 0) is 28.3 Å². The van der Waals surface area contributed by atoms with Crippen LogP contribution in [0.5, 0.6) is 5.75 Å². The van der Waals surface area contributed by atoms with Gasteiger partial charge < -0.3 is 15.8 Å². The minimum atomic E-state index is -0.604. The molecule has 7 nitrogen and oxygen atoms in total. The number of primary amides is 1. The molecule has 0 aliphatic heterocycles. The second kappa shape index (κ2) is 9.04. The molecule has 0 aromatic heterocycles. The normalized spacial score (nSPS) is 10.5. The lowest BCUT2D eigenvalue weighted by atomic mass is 9.96. The first-order chi connectivity index (χ1) is 14.4. The molecule has 2 amide bonds. The molecule has 0 aliphatic carbocycles. The number of ether oxygens (including phenoxy) is 1. The van der Waals surface area contributed by atoms with Gasteiger partial charge in [-0.25, -0.2) is 9.18 Å². The molecular weight excluding hydrogens is 389 g/mol. The molecule has 3 N–H and O–H groups in total. The average molecular weight is 409 g/mol. The zero-order chi connectivity index (χ0) is 21.7. The fourth-order valence-corrected chi connectivity index (χ4v) is 3.14. The molecule has 8 heteroatoms. The molecule has 0 radical (unpaired) electrons. The fraction of sp³-hybridized carbons (Fsp3) is 0.136. The summed E-state index contributed by atoms with van der Waals surface area (Å²) in [6, 6.07) is 15.8. The van der Waals surface area contributed by atoms with Gasteiger partial charge in [-0.2, -0.15) is 0 Å². The number of rotatable bonds is 7. The predicted octanol–water partition coefficient (Wildman–Crippen LogP) is 4.17. The van der Waals surface area contributed by atoms with Crippen LogP contribution >= 0.6 is 0 Å². The Morgan fingerprint density at radius 3 is 2.47 bits per heavy atom. The lowest BCUT2D eigenvalue weighted by molar-refractivity contribution is -0.384. The van der Waals surface area contributed by atoms with Gasteiger partial charge in [-0.1, -0.05) is 42.5 Å². The second-order valence-electron chi connectivity index (χ2n) is 6.63. The van der Waals surface area contributed by atoms with Gasteiger partial charge in [0, 0.05) is 25.1 Å². The van der Waals surface area contributed by atoms with E-state index in [0.29, 0.717) is 29.8 Å². The summed E-state index contributed by atoms with van der Waals surface area (Å²) in [5.74, 6) is -0.195. The molecule has 0 bridgehead atoms. The number of carbonyl (C=O) groups excluding carboxylic acids is 1. The van der Waals surface area contributed by atoms with E-state index in [1.165, 1.54) is 25.3 Å². The Labute approximate surface area is 172 Å². The Balaban J connectivity index is 1.92. The molecule has 3 aromatic carbocycles. The summed E-state index contributed by atoms with van der Waals surface area (Å²) >= 11 is 0. The fourth-order valence-electron chi connectivity index (χ4n) is 3.14. The third kappa shape index (κ3) is 4.72. The molecule has 0 atom stereocenters. The Hall–Kier alpha value is -3.94. The van der Waals surface area contributed by atoms with Gasteiger partial charge in [-0.15, -0.1) is 0 Å². The van der Waals surface area contributed by atoms with E-state index in [1.807, 2.05) is 24.3 Å². The summed E-state index contributed by atoms with van der Waals surface area (Å²) in [6.45, 7) is 0.309. The van der Waals surface area contributed by atoms with Crippen LogP contribution in [0.25, 0.3) is 11.1 Å². The maximum Gasteiger partial charge on any atom is 0.312 e. The first-order valence-electron chi connectivity index (χ1n) is 9.10. The molecule has 0 unspecified atom stereocenters. The number of nitro benzene ring substituents is 1. The topological polar surface area (TPSA) is 107 Å². The maximum atomic E-state index is 15.4. The summed E-state index contributed by atoms with van der Waals surface area (Å²) in [4.78, 5) is 21.4. The zero-order valence-electron chi connectivity index (χ0n) is 16.2. The third-order valence-electron chi connectivity index (χ3n) is 4.63. The molecule has 30 heavy (non-hydrogen) atoms. The third-order valence-corrected chi connectivity index (χ3v) is 4.63. The average Bonchev–Trinajstić information content (AvgIpc) is 2.74. The van der Waals surface area contributed by atoms with E-state index >= 15 is 4.39 Å². The minimum absolute atomic E-state index is 0.125. The highest BCUT2D eigenvalue weighted by molar-refractivity contribution is 5.74. The number of non-ortho nitro benzene ring substituents is 1. The van der Waals surface area contributed by atoms with Gasteiger partial charge in [0.2, 0.25) is 0 Å². The van der Waals surface area contributed by atoms with E-state index in [4.69, 9.17) is 10.5 Å². The smallest absolute Gasteiger partial charge is 0.312 e. The van der Waals surface area contributed by atoms with Crippen molar-refractivity contribution in [3.8, 4) is 16.9 Å². The van der Waals surface area contributed by atoms with Crippen molar-refractivity contribution in [1.29, 1.82) is 0 Å². The summed E-state index contributed by atoms with van der Waals surface area (Å²) in [5, 5.41) is 13.6. The van der Waals surface area contributed by atoms with Crippen molar-refractivity contribution < 1.29 is 18.8 Å². The summed E-state index contributed by atoms with van der Waals surface area (Å²) in [7, 11) is 1.42. The van der Waals surface area contributed by atoms with E-state index < -0.39 is 16.8 Å². The Kier molecular flexibility index (Phi) is 6.26. The maximum absolute atomic E-state index is 15.4. The number of nitrogens with two attached hydrogens (primary N) is 1. The van der Waals surface area contributed by atoms with Gasteiger partial charge in [0.1, 0.15) is 11.6 Å². The lowest BCUT2D eigenvalue weighted by Gasteiger charge is -2.14. The Morgan fingerprint density at radius 2 is 1.83 bits per heavy atom. The number of methoxy groups -OCH3 is 1. The number of halogens is 1. The number of nitro groups is 1. The van der Waals surface area contributed by atoms with Gasteiger partial charge in [-0.3, -0.25) is 10.1 Å². The molecule has 0 spiro atoms. The minimum Gasteiger partial charge on any atom is -0.496 e. The molecule has 0 fully saturated rings. The first kappa shape index (κ1) is 20.8. The highest BCUT2D eigenvalue weighted by Gasteiger charge is 2.18. The van der Waals surface area contributed by atoms with Crippen molar-refractivity contribution in [3.05, 3.63) is 93.3 Å². The molecule has 154 valence electrons. The largest absolute Gasteiger partial charge is 0.496 e. The zero-order valence-corrected chi connectivity index (χ0v) is 16.2.